The fraction of sp³-hybridized carbons (Fsp3) is 0.200. The van der Waals surface area contributed by atoms with Gasteiger partial charge in [-0.05, 0) is 0 Å². The van der Waals surface area contributed by atoms with Gasteiger partial charge in [0.25, 0.3) is 0 Å². The Hall–Kier alpha value is -1.32. The van der Waals surface area contributed by atoms with Gasteiger partial charge in [-0.3, -0.25) is 4.79 Å². The second-order valence-corrected chi connectivity index (χ2v) is 1.82. The van der Waals surface area contributed by atoms with Gasteiger partial charge in [0.1, 0.15) is 0 Å². The lowest BCUT2D eigenvalue weighted by atomic mass is 10.2. The van der Waals surface area contributed by atoms with E-state index < -0.39 is 0 Å². The first-order valence-corrected chi connectivity index (χ1v) is 2.51. The molecule has 0 radical (unpaired) electrons. The minimum atomic E-state index is -0.199. The summed E-state index contributed by atoms with van der Waals surface area (Å²) >= 11 is 0. The molecule has 0 amide bonds. The smallest absolute Gasteiger partial charge is 0.203 e. The number of nitrogens with zero attached hydrogens (tertiary/aromatic N) is 1. The van der Waals surface area contributed by atoms with E-state index in [4.69, 9.17) is 11.5 Å². The first-order valence-electron chi connectivity index (χ1n) is 2.51. The number of aliphatic imine (C=N–C) groups is 1. The van der Waals surface area contributed by atoms with E-state index in [0.29, 0.717) is 5.70 Å². The number of hydrogen-bond donors (Lipinski definition) is 2. The molecule has 1 rings (SSSR count). The maximum Gasteiger partial charge on any atom is 0.203 e. The number of carbonyl (C=O) groups excluding carboxylic acids is 1. The van der Waals surface area contributed by atoms with Crippen molar-refractivity contribution in [1.82, 2.24) is 0 Å². The van der Waals surface area contributed by atoms with Crippen LogP contribution in [0, 0.1) is 0 Å². The average molecular weight is 125 g/mol. The molecule has 4 nitrogen and oxygen atoms in total. The molecule has 1 aliphatic rings. The Morgan fingerprint density at radius 2 is 2.22 bits per heavy atom. The summed E-state index contributed by atoms with van der Waals surface area (Å²) in [5, 5.41) is 0. The summed E-state index contributed by atoms with van der Waals surface area (Å²) in [4.78, 5) is 14.2. The molecule has 1 aliphatic heterocycles. The van der Waals surface area contributed by atoms with Gasteiger partial charge in [-0.1, -0.05) is 0 Å². The molecule has 9 heavy (non-hydrogen) atoms. The highest BCUT2D eigenvalue weighted by molar-refractivity contribution is 6.39. The average Bonchev–Trinajstić information content (AvgIpc) is 1.80. The number of allylic oxidation sites excluding steroid dienone is 1. The number of rotatable bonds is 0. The van der Waals surface area contributed by atoms with Crippen molar-refractivity contribution >= 4 is 11.6 Å². The summed E-state index contributed by atoms with van der Waals surface area (Å²) in [5.74, 6) is -0.154. The summed E-state index contributed by atoms with van der Waals surface area (Å²) in [6.45, 7) is 0. The molecule has 4 N–H and O–H groups in total. The van der Waals surface area contributed by atoms with Gasteiger partial charge >= 0.3 is 0 Å². The molecule has 1 heterocycles. The number of Topliss-reactive ketones (excluding diaryl/α,β-unsaturated/α-hetero) is 1. The number of amidine groups is 1. The maximum absolute atomic E-state index is 10.6. The van der Waals surface area contributed by atoms with Gasteiger partial charge in [0, 0.05) is 11.9 Å². The van der Waals surface area contributed by atoms with Crippen LogP contribution in [-0.2, 0) is 4.79 Å². The van der Waals surface area contributed by atoms with Gasteiger partial charge in [-0.2, -0.15) is 0 Å². The summed E-state index contributed by atoms with van der Waals surface area (Å²) in [6.07, 6.45) is 1.60. The Morgan fingerprint density at radius 3 is 2.67 bits per heavy atom. The predicted molar refractivity (Wildman–Crippen MR) is 33.5 cm³/mol. The van der Waals surface area contributed by atoms with Crippen molar-refractivity contribution in [3.63, 3.8) is 0 Å². The second-order valence-electron chi connectivity index (χ2n) is 1.82. The lowest BCUT2D eigenvalue weighted by Crippen LogP contribution is -2.27. The Labute approximate surface area is 52.2 Å². The van der Waals surface area contributed by atoms with Gasteiger partial charge in [-0.15, -0.1) is 0 Å². The lowest BCUT2D eigenvalue weighted by molar-refractivity contribution is -0.112. The van der Waals surface area contributed by atoms with Crippen LogP contribution in [0.2, 0.25) is 0 Å². The normalized spacial score (nSPS) is 18.9. The zero-order valence-corrected chi connectivity index (χ0v) is 4.79. The third-order valence-corrected chi connectivity index (χ3v) is 1.02. The SMILES string of the molecule is NC1=CN=C(N)C(=O)C1. The van der Waals surface area contributed by atoms with E-state index >= 15 is 0 Å². The fourth-order valence-electron chi connectivity index (χ4n) is 0.546. The Kier molecular flexibility index (Phi) is 1.22. The molecule has 4 heteroatoms. The van der Waals surface area contributed by atoms with Gasteiger partial charge in [0.05, 0.1) is 6.42 Å². The maximum atomic E-state index is 10.6. The molecule has 0 unspecified atom stereocenters. The van der Waals surface area contributed by atoms with Gasteiger partial charge in [0.2, 0.25) is 5.78 Å². The second kappa shape index (κ2) is 1.89. The van der Waals surface area contributed by atoms with Crippen molar-refractivity contribution in [3.8, 4) is 0 Å². The summed E-state index contributed by atoms with van der Waals surface area (Å²) in [5.41, 5.74) is 10.9. The minimum absolute atomic E-state index is 0.0456. The van der Waals surface area contributed by atoms with E-state index in [9.17, 15) is 4.79 Å². The van der Waals surface area contributed by atoms with Crippen LogP contribution in [-0.4, -0.2) is 11.6 Å². The summed E-state index contributed by atoms with van der Waals surface area (Å²) < 4.78 is 0. The number of ketones is 1. The molecule has 0 spiro atoms. The van der Waals surface area contributed by atoms with Crippen LogP contribution in [0.5, 0.6) is 0 Å². The van der Waals surface area contributed by atoms with Crippen LogP contribution >= 0.6 is 0 Å². The van der Waals surface area contributed by atoms with E-state index in [-0.39, 0.29) is 18.0 Å². The van der Waals surface area contributed by atoms with Crippen molar-refractivity contribution in [2.45, 2.75) is 6.42 Å². The van der Waals surface area contributed by atoms with E-state index in [1.165, 1.54) is 6.20 Å². The number of hydrogen-bond acceptors (Lipinski definition) is 4. The Bertz CT molecular complexity index is 204. The molecule has 0 saturated heterocycles. The molecule has 0 atom stereocenters. The first kappa shape index (κ1) is 5.81. The monoisotopic (exact) mass is 125 g/mol. The van der Waals surface area contributed by atoms with Crippen molar-refractivity contribution in [1.29, 1.82) is 0 Å². The third-order valence-electron chi connectivity index (χ3n) is 1.02. The van der Waals surface area contributed by atoms with Crippen molar-refractivity contribution in [2.75, 3.05) is 0 Å². The molecule has 0 aromatic carbocycles. The largest absolute Gasteiger partial charge is 0.400 e. The molecule has 0 aliphatic carbocycles. The molecule has 0 bridgehead atoms. The van der Waals surface area contributed by atoms with Crippen LogP contribution in [0.15, 0.2) is 16.9 Å². The van der Waals surface area contributed by atoms with E-state index in [2.05, 4.69) is 4.99 Å². The topological polar surface area (TPSA) is 81.5 Å². The summed E-state index contributed by atoms with van der Waals surface area (Å²) in [7, 11) is 0. The van der Waals surface area contributed by atoms with E-state index in [0.717, 1.165) is 0 Å². The van der Waals surface area contributed by atoms with Crippen LogP contribution in [0.4, 0.5) is 0 Å². The molecule has 0 aromatic heterocycles. The van der Waals surface area contributed by atoms with Crippen LogP contribution < -0.4 is 11.5 Å². The molecule has 0 aromatic rings. The van der Waals surface area contributed by atoms with E-state index in [1.807, 2.05) is 0 Å². The Morgan fingerprint density at radius 1 is 1.56 bits per heavy atom. The fourth-order valence-corrected chi connectivity index (χ4v) is 0.546. The van der Waals surface area contributed by atoms with Crippen LogP contribution in [0.1, 0.15) is 6.42 Å². The predicted octanol–water partition coefficient (Wildman–Crippen LogP) is -0.883. The van der Waals surface area contributed by atoms with Crippen LogP contribution in [0.3, 0.4) is 0 Å². The first-order chi connectivity index (χ1) is 4.20. The van der Waals surface area contributed by atoms with Gasteiger partial charge in [0.15, 0.2) is 5.84 Å². The van der Waals surface area contributed by atoms with Gasteiger partial charge in [-0.25, -0.2) is 4.99 Å². The third kappa shape index (κ3) is 1.07. The highest BCUT2D eigenvalue weighted by Gasteiger charge is 2.11. The zero-order valence-electron chi connectivity index (χ0n) is 4.79. The standard InChI is InChI=1S/C5H7N3O/c6-3-1-4(9)5(7)8-2-3/h2H,1,6H2,(H2,7,8). The minimum Gasteiger partial charge on any atom is -0.400 e. The number of carbonyl (C=O) groups is 1. The van der Waals surface area contributed by atoms with E-state index in [1.54, 1.807) is 0 Å². The quantitative estimate of drug-likeness (QED) is 0.441. The molecule has 0 fully saturated rings. The molecule has 0 saturated carbocycles. The zero-order chi connectivity index (χ0) is 6.85. The van der Waals surface area contributed by atoms with Crippen molar-refractivity contribution in [2.24, 2.45) is 16.5 Å². The molecule has 48 valence electrons. The Balaban J connectivity index is 2.86. The lowest BCUT2D eigenvalue weighted by Gasteiger charge is -2.03. The van der Waals surface area contributed by atoms with Crippen molar-refractivity contribution < 1.29 is 4.79 Å². The molecular weight excluding hydrogens is 118 g/mol. The highest BCUT2D eigenvalue weighted by Crippen LogP contribution is 2.00. The van der Waals surface area contributed by atoms with Crippen LogP contribution in [0.25, 0.3) is 0 Å². The molecular formula is C5H7N3O. The van der Waals surface area contributed by atoms with Gasteiger partial charge < -0.3 is 11.5 Å². The highest BCUT2D eigenvalue weighted by atomic mass is 16.1. The number of nitrogens with two attached hydrogens (primary N) is 2. The van der Waals surface area contributed by atoms with Crippen molar-refractivity contribution in [3.05, 3.63) is 11.9 Å². The summed E-state index contributed by atoms with van der Waals surface area (Å²) in [6, 6.07) is 0.